The highest BCUT2D eigenvalue weighted by molar-refractivity contribution is 5.92. The van der Waals surface area contributed by atoms with Crippen LogP contribution in [0.2, 0.25) is 0 Å². The number of carbonyl (C=O) groups excluding carboxylic acids is 2. The third-order valence-electron chi connectivity index (χ3n) is 5.37. The summed E-state index contributed by atoms with van der Waals surface area (Å²) < 4.78 is 10.7. The smallest absolute Gasteiger partial charge is 0.292 e. The van der Waals surface area contributed by atoms with Gasteiger partial charge in [-0.15, -0.1) is 0 Å². The molecule has 1 aromatic carbocycles. The van der Waals surface area contributed by atoms with Crippen molar-refractivity contribution in [1.82, 2.24) is 15.0 Å². The molecule has 3 heterocycles. The highest BCUT2D eigenvalue weighted by Gasteiger charge is 2.27. The average molecular weight is 381 g/mol. The number of hydrogen-bond donors (Lipinski definition) is 0. The van der Waals surface area contributed by atoms with Gasteiger partial charge in [-0.2, -0.15) is 0 Å². The summed E-state index contributed by atoms with van der Waals surface area (Å²) >= 11 is 0. The summed E-state index contributed by atoms with van der Waals surface area (Å²) in [6, 6.07) is 5.72. The number of aryl methyl sites for hydroxylation is 3. The molecule has 0 spiro atoms. The van der Waals surface area contributed by atoms with Crippen molar-refractivity contribution >= 4 is 22.8 Å². The van der Waals surface area contributed by atoms with Crippen LogP contribution >= 0.6 is 0 Å². The lowest BCUT2D eigenvalue weighted by molar-refractivity contribution is -0.131. The first-order chi connectivity index (χ1) is 13.4. The number of nitrogens with zero attached hydrogens (tertiary/aromatic N) is 3. The average Bonchev–Trinajstić information content (AvgIpc) is 3.28. The SMILES string of the molecule is Cc1cc(C(=O)N2CCN(C(=O)Cc3coc4cc(C)c(C)cc34)CC2)on1. The molecule has 146 valence electrons. The monoisotopic (exact) mass is 381 g/mol. The molecule has 1 fully saturated rings. The second kappa shape index (κ2) is 7.14. The second-order valence-electron chi connectivity index (χ2n) is 7.38. The van der Waals surface area contributed by atoms with Crippen LogP contribution in [-0.4, -0.2) is 52.9 Å². The van der Waals surface area contributed by atoms with Gasteiger partial charge in [-0.1, -0.05) is 5.16 Å². The Bertz CT molecular complexity index is 1040. The van der Waals surface area contributed by atoms with E-state index in [-0.39, 0.29) is 17.6 Å². The van der Waals surface area contributed by atoms with Crippen molar-refractivity contribution in [3.63, 3.8) is 0 Å². The summed E-state index contributed by atoms with van der Waals surface area (Å²) in [4.78, 5) is 28.7. The number of hydrogen-bond acceptors (Lipinski definition) is 5. The summed E-state index contributed by atoms with van der Waals surface area (Å²) in [5.41, 5.74) is 4.73. The fourth-order valence-corrected chi connectivity index (χ4v) is 3.53. The van der Waals surface area contributed by atoms with E-state index in [9.17, 15) is 9.59 Å². The number of amides is 2. The summed E-state index contributed by atoms with van der Waals surface area (Å²) in [7, 11) is 0. The molecule has 2 amide bonds. The lowest BCUT2D eigenvalue weighted by Gasteiger charge is -2.34. The molecule has 0 atom stereocenters. The summed E-state index contributed by atoms with van der Waals surface area (Å²) in [5.74, 6) is 0.107. The van der Waals surface area contributed by atoms with Gasteiger partial charge in [0.2, 0.25) is 11.7 Å². The van der Waals surface area contributed by atoms with Crippen molar-refractivity contribution in [1.29, 1.82) is 0 Å². The number of carbonyl (C=O) groups is 2. The topological polar surface area (TPSA) is 79.8 Å². The van der Waals surface area contributed by atoms with Gasteiger partial charge in [0.1, 0.15) is 5.58 Å². The van der Waals surface area contributed by atoms with E-state index < -0.39 is 0 Å². The van der Waals surface area contributed by atoms with Crippen LogP contribution in [0, 0.1) is 20.8 Å². The molecule has 3 aromatic rings. The second-order valence-corrected chi connectivity index (χ2v) is 7.38. The quantitative estimate of drug-likeness (QED) is 0.697. The maximum Gasteiger partial charge on any atom is 0.292 e. The number of furan rings is 1. The van der Waals surface area contributed by atoms with Gasteiger partial charge < -0.3 is 18.7 Å². The molecule has 7 nitrogen and oxygen atoms in total. The van der Waals surface area contributed by atoms with E-state index in [4.69, 9.17) is 8.94 Å². The summed E-state index contributed by atoms with van der Waals surface area (Å²) in [6.45, 7) is 7.85. The Morgan fingerprint density at radius 2 is 1.68 bits per heavy atom. The summed E-state index contributed by atoms with van der Waals surface area (Å²) in [5, 5.41) is 4.75. The molecule has 1 saturated heterocycles. The van der Waals surface area contributed by atoms with Gasteiger partial charge in [0.25, 0.3) is 5.91 Å². The van der Waals surface area contributed by atoms with Crippen molar-refractivity contribution in [2.24, 2.45) is 0 Å². The predicted octanol–water partition coefficient (Wildman–Crippen LogP) is 2.87. The van der Waals surface area contributed by atoms with Crippen LogP contribution in [0.25, 0.3) is 11.0 Å². The molecule has 0 radical (unpaired) electrons. The lowest BCUT2D eigenvalue weighted by Crippen LogP contribution is -2.50. The molecule has 4 rings (SSSR count). The van der Waals surface area contributed by atoms with Gasteiger partial charge in [-0.3, -0.25) is 9.59 Å². The first-order valence-corrected chi connectivity index (χ1v) is 9.40. The lowest BCUT2D eigenvalue weighted by atomic mass is 10.0. The van der Waals surface area contributed by atoms with Crippen molar-refractivity contribution in [3.05, 3.63) is 52.6 Å². The van der Waals surface area contributed by atoms with E-state index in [1.807, 2.05) is 13.0 Å². The fourth-order valence-electron chi connectivity index (χ4n) is 3.53. The minimum atomic E-state index is -0.181. The van der Waals surface area contributed by atoms with Crippen molar-refractivity contribution < 1.29 is 18.5 Å². The normalized spacial score (nSPS) is 14.7. The van der Waals surface area contributed by atoms with E-state index in [2.05, 4.69) is 18.1 Å². The van der Waals surface area contributed by atoms with Gasteiger partial charge in [-0.05, 0) is 44.0 Å². The van der Waals surface area contributed by atoms with Crippen LogP contribution in [0.1, 0.15) is 32.9 Å². The molecule has 1 aliphatic heterocycles. The number of benzene rings is 1. The van der Waals surface area contributed by atoms with E-state index in [0.29, 0.717) is 38.3 Å². The molecule has 0 N–H and O–H groups in total. The third-order valence-corrected chi connectivity index (χ3v) is 5.37. The van der Waals surface area contributed by atoms with Crippen molar-refractivity contribution in [2.45, 2.75) is 27.2 Å². The number of rotatable bonds is 3. The van der Waals surface area contributed by atoms with Crippen LogP contribution in [0.3, 0.4) is 0 Å². The molecular weight excluding hydrogens is 358 g/mol. The van der Waals surface area contributed by atoms with E-state index in [0.717, 1.165) is 16.5 Å². The van der Waals surface area contributed by atoms with Crippen LogP contribution in [0.15, 0.2) is 33.4 Å². The van der Waals surface area contributed by atoms with Gasteiger partial charge in [0.15, 0.2) is 0 Å². The summed E-state index contributed by atoms with van der Waals surface area (Å²) in [6.07, 6.45) is 1.97. The molecule has 28 heavy (non-hydrogen) atoms. The number of fused-ring (bicyclic) bond motifs is 1. The maximum atomic E-state index is 12.8. The van der Waals surface area contributed by atoms with Crippen LogP contribution in [0.5, 0.6) is 0 Å². The Balaban J connectivity index is 1.39. The van der Waals surface area contributed by atoms with E-state index in [1.165, 1.54) is 11.1 Å². The van der Waals surface area contributed by atoms with Gasteiger partial charge in [-0.25, -0.2) is 0 Å². The molecule has 1 aliphatic rings. The van der Waals surface area contributed by atoms with Gasteiger partial charge >= 0.3 is 0 Å². The van der Waals surface area contributed by atoms with Crippen LogP contribution in [0.4, 0.5) is 0 Å². The molecule has 7 heteroatoms. The largest absolute Gasteiger partial charge is 0.464 e. The minimum absolute atomic E-state index is 0.0449. The van der Waals surface area contributed by atoms with Gasteiger partial charge in [0, 0.05) is 43.2 Å². The number of piperazine rings is 1. The van der Waals surface area contributed by atoms with E-state index in [1.54, 1.807) is 29.1 Å². The van der Waals surface area contributed by atoms with Crippen molar-refractivity contribution in [2.75, 3.05) is 26.2 Å². The zero-order valence-corrected chi connectivity index (χ0v) is 16.3. The fraction of sp³-hybridized carbons (Fsp3) is 0.381. The third kappa shape index (κ3) is 3.40. The van der Waals surface area contributed by atoms with Crippen LogP contribution < -0.4 is 0 Å². The maximum absolute atomic E-state index is 12.8. The molecule has 0 unspecified atom stereocenters. The Morgan fingerprint density at radius 1 is 1.00 bits per heavy atom. The highest BCUT2D eigenvalue weighted by Crippen LogP contribution is 2.25. The molecule has 0 bridgehead atoms. The van der Waals surface area contributed by atoms with Crippen LogP contribution in [-0.2, 0) is 11.2 Å². The minimum Gasteiger partial charge on any atom is -0.464 e. The Hall–Kier alpha value is -3.09. The van der Waals surface area contributed by atoms with Crippen molar-refractivity contribution in [3.8, 4) is 0 Å². The molecule has 0 saturated carbocycles. The zero-order chi connectivity index (χ0) is 19.8. The molecule has 2 aromatic heterocycles. The first-order valence-electron chi connectivity index (χ1n) is 9.40. The van der Waals surface area contributed by atoms with Gasteiger partial charge in [0.05, 0.1) is 18.4 Å². The Morgan fingerprint density at radius 3 is 2.36 bits per heavy atom. The standard InChI is InChI=1S/C21H23N3O4/c1-13-8-17-16(12-27-18(17)9-14(13)2)11-20(25)23-4-6-24(7-5-23)21(26)19-10-15(3)22-28-19/h8-10,12H,4-7,11H2,1-3H3. The first kappa shape index (κ1) is 18.3. The Labute approximate surface area is 162 Å². The number of aromatic nitrogens is 1. The predicted molar refractivity (Wildman–Crippen MR) is 103 cm³/mol. The Kier molecular flexibility index (Phi) is 4.66. The highest BCUT2D eigenvalue weighted by atomic mass is 16.5. The molecule has 0 aliphatic carbocycles. The van der Waals surface area contributed by atoms with E-state index >= 15 is 0 Å². The molecular formula is C21H23N3O4. The zero-order valence-electron chi connectivity index (χ0n) is 16.3.